The van der Waals surface area contributed by atoms with Gasteiger partial charge < -0.3 is 14.2 Å². The fourth-order valence-corrected chi connectivity index (χ4v) is 7.63. The van der Waals surface area contributed by atoms with Crippen LogP contribution >= 0.6 is 0 Å². The van der Waals surface area contributed by atoms with E-state index in [1.165, 1.54) is 14.0 Å². The Balaban J connectivity index is 1.46. The Labute approximate surface area is 203 Å². The van der Waals surface area contributed by atoms with Crippen LogP contribution in [0.2, 0.25) is 0 Å². The van der Waals surface area contributed by atoms with Crippen molar-refractivity contribution in [2.45, 2.75) is 105 Å². The Morgan fingerprint density at radius 1 is 0.853 bits per heavy atom. The number of amides is 2. The van der Waals surface area contributed by atoms with Crippen LogP contribution in [0.15, 0.2) is 0 Å². The van der Waals surface area contributed by atoms with Crippen LogP contribution in [-0.4, -0.2) is 48.5 Å². The molecular formula is C26H42N2O6. The molecule has 2 amide bonds. The standard InChI is InChI=1S/C26H42N2O6/c1-15(20(29)32-8)28(22(31)34-19-14-17-10-12-26(19,7)24(17,4)5)27-21(30)33-18-13-16-9-11-25(18,6)23(16,2)3/h15-19H,9-14H2,1-8H3,(H,27,30)/t15-,16-,17-,18-,19-,25+,26+/m1/s1. The van der Waals surface area contributed by atoms with Gasteiger partial charge in [-0.05, 0) is 68.1 Å². The zero-order valence-electron chi connectivity index (χ0n) is 22.0. The molecule has 0 aliphatic heterocycles. The lowest BCUT2D eigenvalue weighted by atomic mass is 9.70. The van der Waals surface area contributed by atoms with Crippen molar-refractivity contribution in [1.82, 2.24) is 10.4 Å². The second-order valence-electron chi connectivity index (χ2n) is 12.7. The van der Waals surface area contributed by atoms with E-state index in [9.17, 15) is 14.4 Å². The molecule has 0 aromatic rings. The fourth-order valence-electron chi connectivity index (χ4n) is 7.63. The molecule has 4 aliphatic rings. The van der Waals surface area contributed by atoms with Gasteiger partial charge in [-0.25, -0.2) is 24.8 Å². The minimum absolute atomic E-state index is 0.0626. The Kier molecular flexibility index (Phi) is 5.92. The van der Waals surface area contributed by atoms with E-state index < -0.39 is 24.2 Å². The van der Waals surface area contributed by atoms with E-state index in [-0.39, 0.29) is 33.9 Å². The predicted molar refractivity (Wildman–Crippen MR) is 125 cm³/mol. The van der Waals surface area contributed by atoms with Crippen LogP contribution in [-0.2, 0) is 19.0 Å². The molecule has 0 unspecified atom stereocenters. The van der Waals surface area contributed by atoms with Crippen molar-refractivity contribution in [2.75, 3.05) is 7.11 Å². The van der Waals surface area contributed by atoms with Crippen LogP contribution in [0.5, 0.6) is 0 Å². The number of methoxy groups -OCH3 is 1. The van der Waals surface area contributed by atoms with E-state index in [0.717, 1.165) is 43.5 Å². The molecule has 192 valence electrons. The largest absolute Gasteiger partial charge is 0.467 e. The number of hydrogen-bond acceptors (Lipinski definition) is 6. The number of hydrogen-bond donors (Lipinski definition) is 1. The maximum atomic E-state index is 13.3. The van der Waals surface area contributed by atoms with Crippen LogP contribution in [0.4, 0.5) is 9.59 Å². The highest BCUT2D eigenvalue weighted by atomic mass is 16.6. The number of rotatable bonds is 4. The first-order valence-electron chi connectivity index (χ1n) is 12.7. The monoisotopic (exact) mass is 478 g/mol. The van der Waals surface area contributed by atoms with Crippen LogP contribution in [0.1, 0.15) is 87.0 Å². The van der Waals surface area contributed by atoms with Crippen molar-refractivity contribution in [3.63, 3.8) is 0 Å². The lowest BCUT2D eigenvalue weighted by Crippen LogP contribution is -2.56. The van der Waals surface area contributed by atoms with Crippen molar-refractivity contribution < 1.29 is 28.6 Å². The first-order valence-corrected chi connectivity index (χ1v) is 12.7. The van der Waals surface area contributed by atoms with Crippen LogP contribution in [0.3, 0.4) is 0 Å². The van der Waals surface area contributed by atoms with Gasteiger partial charge in [0.25, 0.3) is 0 Å². The van der Waals surface area contributed by atoms with Crippen molar-refractivity contribution >= 4 is 18.2 Å². The van der Waals surface area contributed by atoms with Crippen molar-refractivity contribution in [2.24, 2.45) is 33.5 Å². The second kappa shape index (κ2) is 8.02. The molecular weight excluding hydrogens is 436 g/mol. The molecule has 0 aromatic heterocycles. The highest BCUT2D eigenvalue weighted by Crippen LogP contribution is 2.67. The van der Waals surface area contributed by atoms with Gasteiger partial charge in [0.15, 0.2) is 6.04 Å². The quantitative estimate of drug-likeness (QED) is 0.345. The lowest BCUT2D eigenvalue weighted by molar-refractivity contribution is -0.147. The molecule has 0 heterocycles. The first kappa shape index (κ1) is 25.1. The van der Waals surface area contributed by atoms with Crippen LogP contribution < -0.4 is 5.43 Å². The number of hydrazine groups is 1. The normalized spacial score (nSPS) is 39.4. The summed E-state index contributed by atoms with van der Waals surface area (Å²) in [6.07, 6.45) is 3.84. The van der Waals surface area contributed by atoms with Gasteiger partial charge in [-0.3, -0.25) is 0 Å². The molecule has 0 radical (unpaired) electrons. The van der Waals surface area contributed by atoms with Gasteiger partial charge in [0.05, 0.1) is 7.11 Å². The van der Waals surface area contributed by atoms with E-state index in [1.54, 1.807) is 0 Å². The summed E-state index contributed by atoms with van der Waals surface area (Å²) >= 11 is 0. The Hall–Kier alpha value is -1.99. The maximum Gasteiger partial charge on any atom is 0.429 e. The molecule has 4 fully saturated rings. The summed E-state index contributed by atoms with van der Waals surface area (Å²) in [6, 6.07) is -1.06. The van der Waals surface area contributed by atoms with Crippen molar-refractivity contribution in [1.29, 1.82) is 0 Å². The highest BCUT2D eigenvalue weighted by Gasteiger charge is 2.64. The van der Waals surface area contributed by atoms with E-state index in [2.05, 4.69) is 47.0 Å². The number of carbonyl (C=O) groups excluding carboxylic acids is 3. The van der Waals surface area contributed by atoms with Gasteiger partial charge in [0, 0.05) is 10.8 Å². The van der Waals surface area contributed by atoms with E-state index >= 15 is 0 Å². The molecule has 4 rings (SSSR count). The summed E-state index contributed by atoms with van der Waals surface area (Å²) in [7, 11) is 1.25. The molecule has 8 heteroatoms. The minimum Gasteiger partial charge on any atom is -0.467 e. The predicted octanol–water partition coefficient (Wildman–Crippen LogP) is 5.06. The molecule has 7 atom stereocenters. The average Bonchev–Trinajstić information content (AvgIpc) is 3.28. The first-order chi connectivity index (χ1) is 15.7. The molecule has 4 saturated carbocycles. The zero-order valence-corrected chi connectivity index (χ0v) is 22.0. The van der Waals surface area contributed by atoms with Crippen molar-refractivity contribution in [3.05, 3.63) is 0 Å². The van der Waals surface area contributed by atoms with Gasteiger partial charge in [0.2, 0.25) is 0 Å². The summed E-state index contributed by atoms with van der Waals surface area (Å²) in [5.41, 5.74) is 2.40. The summed E-state index contributed by atoms with van der Waals surface area (Å²) in [4.78, 5) is 38.5. The average molecular weight is 479 g/mol. The summed E-state index contributed by atoms with van der Waals surface area (Å²) in [5, 5.41) is 0.928. The van der Waals surface area contributed by atoms with Gasteiger partial charge >= 0.3 is 18.2 Å². The Bertz CT molecular complexity index is 871. The number of nitrogens with one attached hydrogen (secondary N) is 1. The molecule has 34 heavy (non-hydrogen) atoms. The van der Waals surface area contributed by atoms with Crippen molar-refractivity contribution in [3.8, 4) is 0 Å². The zero-order chi connectivity index (χ0) is 25.3. The SMILES string of the molecule is COC(=O)[C@@H](C)N(NC(=O)O[C@@H]1C[C@H]2CC[C@]1(C)C2(C)C)C(=O)O[C@@H]1C[C@H]2CC[C@]1(C)C2(C)C. The van der Waals surface area contributed by atoms with Gasteiger partial charge in [-0.1, -0.05) is 41.5 Å². The third-order valence-corrected chi connectivity index (χ3v) is 11.3. The van der Waals surface area contributed by atoms with Gasteiger partial charge in [-0.15, -0.1) is 0 Å². The number of fused-ring (bicyclic) bond motifs is 4. The van der Waals surface area contributed by atoms with E-state index in [1.807, 2.05) is 0 Å². The number of esters is 1. The number of ether oxygens (including phenoxy) is 3. The number of nitrogens with zero attached hydrogens (tertiary/aromatic N) is 1. The Morgan fingerprint density at radius 3 is 1.71 bits per heavy atom. The molecule has 8 nitrogen and oxygen atoms in total. The third kappa shape index (κ3) is 3.41. The molecule has 0 aromatic carbocycles. The highest BCUT2D eigenvalue weighted by molar-refractivity contribution is 5.82. The fraction of sp³-hybridized carbons (Fsp3) is 0.885. The van der Waals surface area contributed by atoms with Gasteiger partial charge in [0.1, 0.15) is 12.2 Å². The third-order valence-electron chi connectivity index (χ3n) is 11.3. The van der Waals surface area contributed by atoms with E-state index in [4.69, 9.17) is 14.2 Å². The number of carbonyl (C=O) groups is 3. The smallest absolute Gasteiger partial charge is 0.429 e. The topological polar surface area (TPSA) is 94.2 Å². The van der Waals surface area contributed by atoms with E-state index in [0.29, 0.717) is 11.8 Å². The minimum atomic E-state index is -1.06. The molecule has 0 saturated heterocycles. The van der Waals surface area contributed by atoms with Crippen LogP contribution in [0.25, 0.3) is 0 Å². The second-order valence-corrected chi connectivity index (χ2v) is 12.7. The maximum absolute atomic E-state index is 13.3. The Morgan fingerprint density at radius 2 is 1.32 bits per heavy atom. The molecule has 4 aliphatic carbocycles. The van der Waals surface area contributed by atoms with Gasteiger partial charge in [-0.2, -0.15) is 0 Å². The summed E-state index contributed by atoms with van der Waals surface area (Å²) in [5.74, 6) is 0.346. The lowest BCUT2D eigenvalue weighted by Gasteiger charge is -2.40. The van der Waals surface area contributed by atoms with Crippen LogP contribution in [0, 0.1) is 33.5 Å². The summed E-state index contributed by atoms with van der Waals surface area (Å²) in [6.45, 7) is 14.8. The molecule has 4 bridgehead atoms. The molecule has 1 N–H and O–H groups in total. The summed E-state index contributed by atoms with van der Waals surface area (Å²) < 4.78 is 16.6. The molecule has 0 spiro atoms.